The summed E-state index contributed by atoms with van der Waals surface area (Å²) >= 11 is 1.81. The first-order valence-corrected chi connectivity index (χ1v) is 11.5. The number of hydrogen-bond donors (Lipinski definition) is 0. The highest BCUT2D eigenvalue weighted by Crippen LogP contribution is 2.53. The molecule has 1 aromatic heterocycles. The summed E-state index contributed by atoms with van der Waals surface area (Å²) in [5.41, 5.74) is 1.36. The Kier molecular flexibility index (Phi) is 5.94. The Hall–Kier alpha value is -1.92. The third kappa shape index (κ3) is 3.35. The molecule has 3 aromatic carbocycles. The van der Waals surface area contributed by atoms with Gasteiger partial charge in [-0.15, -0.1) is 11.3 Å². The van der Waals surface area contributed by atoms with Gasteiger partial charge in [-0.25, -0.2) is 0 Å². The minimum Gasteiger partial charge on any atom is -1.00 e. The van der Waals surface area contributed by atoms with Gasteiger partial charge in [0.2, 0.25) is 0 Å². The molecule has 0 spiro atoms. The van der Waals surface area contributed by atoms with Gasteiger partial charge in [0.25, 0.3) is 0 Å². The van der Waals surface area contributed by atoms with E-state index < -0.39 is 7.26 Å². The molecule has 0 aliphatic carbocycles. The lowest BCUT2D eigenvalue weighted by Gasteiger charge is -2.25. The van der Waals surface area contributed by atoms with Crippen LogP contribution < -0.4 is 28.3 Å². The second-order valence-electron chi connectivity index (χ2n) is 6.17. The predicted octanol–water partition coefficient (Wildman–Crippen LogP) is 2.34. The van der Waals surface area contributed by atoms with Gasteiger partial charge in [-0.3, -0.25) is 0 Å². The third-order valence-corrected chi connectivity index (χ3v) is 9.64. The van der Waals surface area contributed by atoms with Gasteiger partial charge in [0.15, 0.2) is 0 Å². The second-order valence-corrected chi connectivity index (χ2v) is 10.6. The molecule has 1 heterocycles. The normalized spacial score (nSPS) is 11.0. The minimum atomic E-state index is -1.70. The van der Waals surface area contributed by atoms with Crippen molar-refractivity contribution in [1.29, 1.82) is 0 Å². The molecule has 130 valence electrons. The van der Waals surface area contributed by atoms with Crippen LogP contribution >= 0.6 is 18.6 Å². The van der Waals surface area contributed by atoms with Crippen LogP contribution in [-0.4, -0.2) is 6.66 Å². The first-order valence-electron chi connectivity index (χ1n) is 8.41. The topological polar surface area (TPSA) is 0 Å². The van der Waals surface area contributed by atoms with Crippen LogP contribution in [0.5, 0.6) is 0 Å². The average molecular weight is 395 g/mol. The Morgan fingerprint density at radius 1 is 0.615 bits per heavy atom. The van der Waals surface area contributed by atoms with E-state index in [1.54, 1.807) is 0 Å². The van der Waals surface area contributed by atoms with E-state index in [1.807, 2.05) is 11.3 Å². The molecule has 0 aliphatic rings. The quantitative estimate of drug-likeness (QED) is 0.466. The summed E-state index contributed by atoms with van der Waals surface area (Å²) in [4.78, 5) is 1.34. The summed E-state index contributed by atoms with van der Waals surface area (Å²) in [6.07, 6.45) is 0. The van der Waals surface area contributed by atoms with Crippen molar-refractivity contribution in [3.8, 4) is 10.4 Å². The van der Waals surface area contributed by atoms with Gasteiger partial charge in [-0.1, -0.05) is 54.6 Å². The molecule has 0 bridgehead atoms. The lowest BCUT2D eigenvalue weighted by Crippen LogP contribution is -3.00. The van der Waals surface area contributed by atoms with Gasteiger partial charge in [-0.2, -0.15) is 0 Å². The molecule has 0 nitrogen and oxygen atoms in total. The molecule has 0 amide bonds. The zero-order valence-electron chi connectivity index (χ0n) is 14.5. The fourth-order valence-corrected chi connectivity index (χ4v) is 7.68. The molecule has 0 radical (unpaired) electrons. The summed E-state index contributed by atoms with van der Waals surface area (Å²) < 4.78 is 0. The van der Waals surface area contributed by atoms with Crippen molar-refractivity contribution in [3.63, 3.8) is 0 Å². The molecule has 3 heteroatoms. The molecule has 0 aliphatic heterocycles. The molecule has 4 aromatic rings. The average Bonchev–Trinajstić information content (AvgIpc) is 3.23. The van der Waals surface area contributed by atoms with Gasteiger partial charge in [0.05, 0.1) is 6.66 Å². The zero-order chi connectivity index (χ0) is 17.1. The maximum absolute atomic E-state index is 2.45. The number of hydrogen-bond acceptors (Lipinski definition) is 1. The van der Waals surface area contributed by atoms with Crippen LogP contribution in [0.3, 0.4) is 0 Å². The van der Waals surface area contributed by atoms with E-state index >= 15 is 0 Å². The summed E-state index contributed by atoms with van der Waals surface area (Å²) in [5.74, 6) is 0. The van der Waals surface area contributed by atoms with Crippen molar-refractivity contribution in [2.45, 2.75) is 0 Å². The molecule has 4 rings (SSSR count). The first kappa shape index (κ1) is 18.9. The van der Waals surface area contributed by atoms with Crippen LogP contribution in [0.2, 0.25) is 0 Å². The summed E-state index contributed by atoms with van der Waals surface area (Å²) in [5, 5.41) is 6.46. The monoisotopic (exact) mass is 394 g/mol. The summed E-state index contributed by atoms with van der Waals surface area (Å²) in [6.45, 7) is 2.45. The highest BCUT2D eigenvalue weighted by atomic mass is 35.5. The zero-order valence-corrected chi connectivity index (χ0v) is 17.0. The van der Waals surface area contributed by atoms with E-state index in [-0.39, 0.29) is 12.4 Å². The van der Waals surface area contributed by atoms with Gasteiger partial charge >= 0.3 is 0 Å². The van der Waals surface area contributed by atoms with E-state index in [2.05, 4.69) is 109 Å². The highest BCUT2D eigenvalue weighted by molar-refractivity contribution is 7.95. The maximum atomic E-state index is 2.45. The number of rotatable bonds is 4. The molecular formula is C23H20ClPS. The van der Waals surface area contributed by atoms with Crippen LogP contribution in [0, 0.1) is 0 Å². The summed E-state index contributed by atoms with van der Waals surface area (Å²) in [6, 6.07) is 35.2. The Balaban J connectivity index is 0.00000196. The van der Waals surface area contributed by atoms with Crippen LogP contribution in [0.15, 0.2) is 102 Å². The molecule has 26 heavy (non-hydrogen) atoms. The van der Waals surface area contributed by atoms with Crippen LogP contribution in [0.25, 0.3) is 10.4 Å². The van der Waals surface area contributed by atoms with Crippen molar-refractivity contribution in [3.05, 3.63) is 102 Å². The number of benzene rings is 3. The van der Waals surface area contributed by atoms with Crippen LogP contribution in [0.1, 0.15) is 0 Å². The lowest BCUT2D eigenvalue weighted by atomic mass is 10.2. The van der Waals surface area contributed by atoms with E-state index in [9.17, 15) is 0 Å². The van der Waals surface area contributed by atoms with Gasteiger partial charge in [0.1, 0.15) is 23.2 Å². The lowest BCUT2D eigenvalue weighted by molar-refractivity contribution is -0.00000473. The van der Waals surface area contributed by atoms with Crippen LogP contribution in [-0.2, 0) is 0 Å². The molecule has 0 N–H and O–H groups in total. The number of halogens is 1. The third-order valence-electron chi connectivity index (χ3n) is 4.72. The number of thiophene rings is 1. The molecule has 0 atom stereocenters. The van der Waals surface area contributed by atoms with E-state index in [1.165, 1.54) is 26.4 Å². The van der Waals surface area contributed by atoms with E-state index in [0.717, 1.165) is 0 Å². The van der Waals surface area contributed by atoms with Crippen molar-refractivity contribution < 1.29 is 12.4 Å². The van der Waals surface area contributed by atoms with Gasteiger partial charge < -0.3 is 12.4 Å². The molecule has 0 fully saturated rings. The fraction of sp³-hybridized carbons (Fsp3) is 0.0435. The van der Waals surface area contributed by atoms with Crippen molar-refractivity contribution in [1.82, 2.24) is 0 Å². The molecule has 0 saturated heterocycles. The van der Waals surface area contributed by atoms with Gasteiger partial charge in [0, 0.05) is 10.4 Å². The maximum Gasteiger partial charge on any atom is 0.113 e. The first-order chi connectivity index (χ1) is 12.3. The minimum absolute atomic E-state index is 0. The molecule has 0 unspecified atom stereocenters. The smallest absolute Gasteiger partial charge is 0.113 e. The molecular weight excluding hydrogens is 375 g/mol. The summed E-state index contributed by atoms with van der Waals surface area (Å²) in [7, 11) is -1.70. The van der Waals surface area contributed by atoms with Crippen molar-refractivity contribution >= 4 is 34.5 Å². The second kappa shape index (κ2) is 8.18. The van der Waals surface area contributed by atoms with Crippen molar-refractivity contribution in [2.24, 2.45) is 0 Å². The standard InChI is InChI=1S/C23H20PS.ClH/c1-24(19-11-4-2-5-12-19,20-13-6-3-7-14-20)22-16-9-8-15-21(22)23-17-10-18-25-23;/h2-18H,1H3;1H/q+1;/p-1. The Morgan fingerprint density at radius 3 is 1.69 bits per heavy atom. The highest BCUT2D eigenvalue weighted by Gasteiger charge is 2.41. The van der Waals surface area contributed by atoms with Crippen LogP contribution in [0.4, 0.5) is 0 Å². The van der Waals surface area contributed by atoms with Crippen molar-refractivity contribution in [2.75, 3.05) is 6.66 Å². The van der Waals surface area contributed by atoms with Gasteiger partial charge in [-0.05, 0) is 47.8 Å². The Morgan fingerprint density at radius 2 is 1.15 bits per heavy atom. The Labute approximate surface area is 166 Å². The fourth-order valence-electron chi connectivity index (χ4n) is 3.38. The largest absolute Gasteiger partial charge is 1.00 e. The van der Waals surface area contributed by atoms with E-state index in [4.69, 9.17) is 0 Å². The van der Waals surface area contributed by atoms with E-state index in [0.29, 0.717) is 0 Å². The SMILES string of the molecule is C[P+](c1ccccc1)(c1ccccc1)c1ccccc1-c1cccs1.[Cl-]. The predicted molar refractivity (Wildman–Crippen MR) is 114 cm³/mol. The Bertz CT molecular complexity index is 910. The molecule has 0 saturated carbocycles.